The zero-order valence-electron chi connectivity index (χ0n) is 9.07. The predicted molar refractivity (Wildman–Crippen MR) is 58.1 cm³/mol. The quantitative estimate of drug-likeness (QED) is 0.514. The Labute approximate surface area is 87.0 Å². The minimum atomic E-state index is 0.0950. The summed E-state index contributed by atoms with van der Waals surface area (Å²) in [4.78, 5) is 0.0950. The molecule has 0 heterocycles. The average molecular weight is 201 g/mol. The van der Waals surface area contributed by atoms with Crippen LogP contribution in [0, 0.1) is 17.3 Å². The van der Waals surface area contributed by atoms with Crippen molar-refractivity contribution in [3.05, 3.63) is 0 Å². The molecule has 2 fully saturated rings. The third-order valence-electron chi connectivity index (χ3n) is 3.87. The van der Waals surface area contributed by atoms with Gasteiger partial charge in [-0.15, -0.1) is 11.6 Å². The van der Waals surface area contributed by atoms with E-state index in [-0.39, 0.29) is 4.87 Å². The molecule has 2 bridgehead atoms. The molecule has 0 saturated heterocycles. The van der Waals surface area contributed by atoms with E-state index in [1.807, 2.05) is 0 Å². The first-order valence-corrected chi connectivity index (χ1v) is 5.95. The fourth-order valence-corrected chi connectivity index (χ4v) is 4.76. The first-order valence-electron chi connectivity index (χ1n) is 5.58. The van der Waals surface area contributed by atoms with E-state index >= 15 is 0 Å². The molecule has 2 rings (SSSR count). The van der Waals surface area contributed by atoms with E-state index in [2.05, 4.69) is 20.8 Å². The minimum Gasteiger partial charge on any atom is -0.120 e. The van der Waals surface area contributed by atoms with Crippen molar-refractivity contribution in [2.75, 3.05) is 0 Å². The number of halogens is 1. The lowest BCUT2D eigenvalue weighted by molar-refractivity contribution is 0.0425. The molecule has 0 radical (unpaired) electrons. The fourth-order valence-electron chi connectivity index (χ4n) is 4.22. The van der Waals surface area contributed by atoms with Gasteiger partial charge >= 0.3 is 0 Å². The lowest BCUT2D eigenvalue weighted by Gasteiger charge is -2.51. The summed E-state index contributed by atoms with van der Waals surface area (Å²) in [6.07, 6.45) is 6.71. The van der Waals surface area contributed by atoms with Gasteiger partial charge in [0.2, 0.25) is 0 Å². The maximum atomic E-state index is 6.51. The molecule has 2 aliphatic carbocycles. The van der Waals surface area contributed by atoms with Gasteiger partial charge in [0.15, 0.2) is 0 Å². The number of rotatable bonds is 0. The van der Waals surface area contributed by atoms with Crippen LogP contribution in [-0.4, -0.2) is 4.87 Å². The summed E-state index contributed by atoms with van der Waals surface area (Å²) in [5, 5.41) is 0. The van der Waals surface area contributed by atoms with Crippen LogP contribution >= 0.6 is 11.6 Å². The molecule has 2 saturated carbocycles. The molecule has 0 N–H and O–H groups in total. The third-order valence-corrected chi connectivity index (χ3v) is 4.16. The van der Waals surface area contributed by atoms with Crippen molar-refractivity contribution in [2.45, 2.75) is 57.7 Å². The molecule has 0 aromatic heterocycles. The van der Waals surface area contributed by atoms with Gasteiger partial charge in [-0.2, -0.15) is 0 Å². The van der Waals surface area contributed by atoms with Crippen molar-refractivity contribution in [3.63, 3.8) is 0 Å². The van der Waals surface area contributed by atoms with Gasteiger partial charge in [0.05, 0.1) is 0 Å². The normalized spacial score (nSPS) is 56.3. The highest BCUT2D eigenvalue weighted by Gasteiger charge is 2.46. The van der Waals surface area contributed by atoms with Crippen LogP contribution in [0.4, 0.5) is 0 Å². The van der Waals surface area contributed by atoms with Crippen molar-refractivity contribution >= 4 is 11.6 Å². The average Bonchev–Trinajstić information content (AvgIpc) is 1.75. The van der Waals surface area contributed by atoms with Gasteiger partial charge in [0.1, 0.15) is 0 Å². The van der Waals surface area contributed by atoms with Gasteiger partial charge in [0.25, 0.3) is 0 Å². The molecule has 1 heteroatoms. The van der Waals surface area contributed by atoms with Crippen LogP contribution in [0.5, 0.6) is 0 Å². The van der Waals surface area contributed by atoms with Crippen LogP contribution < -0.4 is 0 Å². The SMILES string of the molecule is CC1CC2CC(C)(C1)C[C@@](C)(Cl)C2. The van der Waals surface area contributed by atoms with Crippen LogP contribution in [0.1, 0.15) is 52.9 Å². The summed E-state index contributed by atoms with van der Waals surface area (Å²) >= 11 is 6.51. The highest BCUT2D eigenvalue weighted by Crippen LogP contribution is 2.55. The molecule has 0 spiro atoms. The summed E-state index contributed by atoms with van der Waals surface area (Å²) in [6.45, 7) is 7.08. The smallest absolute Gasteiger partial charge is 0.0426 e. The van der Waals surface area contributed by atoms with Crippen LogP contribution in [-0.2, 0) is 0 Å². The molecule has 3 unspecified atom stereocenters. The maximum Gasteiger partial charge on any atom is 0.0426 e. The van der Waals surface area contributed by atoms with Crippen LogP contribution in [0.3, 0.4) is 0 Å². The van der Waals surface area contributed by atoms with E-state index in [1.165, 1.54) is 32.1 Å². The van der Waals surface area contributed by atoms with Crippen molar-refractivity contribution < 1.29 is 0 Å². The Morgan fingerprint density at radius 1 is 1.15 bits per heavy atom. The molecule has 0 aromatic carbocycles. The highest BCUT2D eigenvalue weighted by molar-refractivity contribution is 6.23. The van der Waals surface area contributed by atoms with Crippen LogP contribution in [0.25, 0.3) is 0 Å². The van der Waals surface area contributed by atoms with Crippen molar-refractivity contribution in [3.8, 4) is 0 Å². The summed E-state index contributed by atoms with van der Waals surface area (Å²) in [5.41, 5.74) is 0.553. The standard InChI is InChI=1S/C12H21Cl/c1-9-4-10-6-11(2,5-9)8-12(3,13)7-10/h9-10H,4-8H2,1-3H3/t9?,10?,11?,12-/m0/s1. The maximum absolute atomic E-state index is 6.51. The molecule has 0 aromatic rings. The van der Waals surface area contributed by atoms with Gasteiger partial charge in [-0.3, -0.25) is 0 Å². The summed E-state index contributed by atoms with van der Waals surface area (Å²) in [7, 11) is 0. The number of hydrogen-bond acceptors (Lipinski definition) is 0. The molecular weight excluding hydrogens is 180 g/mol. The summed E-state index contributed by atoms with van der Waals surface area (Å²) in [5.74, 6) is 1.83. The second-order valence-corrected chi connectivity index (χ2v) is 7.13. The van der Waals surface area contributed by atoms with Crippen molar-refractivity contribution in [2.24, 2.45) is 17.3 Å². The number of hydrogen-bond donors (Lipinski definition) is 0. The van der Waals surface area contributed by atoms with Gasteiger partial charge < -0.3 is 0 Å². The monoisotopic (exact) mass is 200 g/mol. The molecule has 0 amide bonds. The van der Waals surface area contributed by atoms with Crippen molar-refractivity contribution in [1.82, 2.24) is 0 Å². The Hall–Kier alpha value is 0.290. The predicted octanol–water partition coefficient (Wildman–Crippen LogP) is 4.22. The Balaban J connectivity index is 2.17. The van der Waals surface area contributed by atoms with Gasteiger partial charge in [-0.25, -0.2) is 0 Å². The lowest BCUT2D eigenvalue weighted by Crippen LogP contribution is -2.43. The third kappa shape index (κ3) is 2.03. The van der Waals surface area contributed by atoms with Gasteiger partial charge in [0, 0.05) is 4.87 Å². The number of alkyl halides is 1. The Morgan fingerprint density at radius 3 is 2.46 bits per heavy atom. The second-order valence-electron chi connectivity index (χ2n) is 6.22. The molecule has 0 nitrogen and oxygen atoms in total. The Kier molecular flexibility index (Phi) is 2.18. The van der Waals surface area contributed by atoms with Gasteiger partial charge in [-0.05, 0) is 56.3 Å². The lowest BCUT2D eigenvalue weighted by atomic mass is 9.57. The molecule has 76 valence electrons. The van der Waals surface area contributed by atoms with E-state index in [1.54, 1.807) is 0 Å². The first-order chi connectivity index (χ1) is 5.89. The van der Waals surface area contributed by atoms with E-state index in [0.717, 1.165) is 11.8 Å². The molecular formula is C12H21Cl. The molecule has 0 aliphatic heterocycles. The Bertz CT molecular complexity index is 203. The van der Waals surface area contributed by atoms with E-state index in [0.29, 0.717) is 5.41 Å². The Morgan fingerprint density at radius 2 is 1.85 bits per heavy atom. The zero-order chi connectivity index (χ0) is 9.69. The first kappa shape index (κ1) is 9.83. The second kappa shape index (κ2) is 2.89. The van der Waals surface area contributed by atoms with Crippen LogP contribution in [0.2, 0.25) is 0 Å². The molecule has 13 heavy (non-hydrogen) atoms. The van der Waals surface area contributed by atoms with Crippen LogP contribution in [0.15, 0.2) is 0 Å². The zero-order valence-corrected chi connectivity index (χ0v) is 9.82. The number of fused-ring (bicyclic) bond motifs is 2. The highest BCUT2D eigenvalue weighted by atomic mass is 35.5. The van der Waals surface area contributed by atoms with E-state index in [4.69, 9.17) is 11.6 Å². The molecule has 4 atom stereocenters. The van der Waals surface area contributed by atoms with Crippen molar-refractivity contribution in [1.29, 1.82) is 0 Å². The largest absolute Gasteiger partial charge is 0.120 e. The van der Waals surface area contributed by atoms with E-state index in [9.17, 15) is 0 Å². The van der Waals surface area contributed by atoms with E-state index < -0.39 is 0 Å². The summed E-state index contributed by atoms with van der Waals surface area (Å²) < 4.78 is 0. The minimum absolute atomic E-state index is 0.0950. The topological polar surface area (TPSA) is 0 Å². The van der Waals surface area contributed by atoms with Gasteiger partial charge in [-0.1, -0.05) is 13.8 Å². The molecule has 2 aliphatic rings. The fraction of sp³-hybridized carbons (Fsp3) is 1.00. The summed E-state index contributed by atoms with van der Waals surface area (Å²) in [6, 6.07) is 0.